The van der Waals surface area contributed by atoms with Crippen molar-refractivity contribution in [1.82, 2.24) is 4.90 Å². The minimum absolute atomic E-state index is 0.100. The minimum atomic E-state index is -0.769. The van der Waals surface area contributed by atoms with Gasteiger partial charge in [0, 0.05) is 18.7 Å². The monoisotopic (exact) mass is 255 g/mol. The molecule has 2 atom stereocenters. The Bertz CT molecular complexity index is 414. The van der Waals surface area contributed by atoms with Crippen LogP contribution in [0.2, 0.25) is 5.02 Å². The Morgan fingerprint density at radius 2 is 1.88 bits per heavy atom. The van der Waals surface area contributed by atoms with Crippen LogP contribution in [-0.2, 0) is 0 Å². The number of hydrogen-bond acceptors (Lipinski definition) is 4. The van der Waals surface area contributed by atoms with E-state index in [0.29, 0.717) is 23.7 Å². The first kappa shape index (κ1) is 12.5. The van der Waals surface area contributed by atoms with E-state index < -0.39 is 12.2 Å². The van der Waals surface area contributed by atoms with E-state index in [1.165, 1.54) is 0 Å². The predicted molar refractivity (Wildman–Crippen MR) is 64.2 cm³/mol. The number of nitrogens with zero attached hydrogens (tertiary/aromatic N) is 1. The third kappa shape index (κ3) is 2.84. The van der Waals surface area contributed by atoms with Crippen molar-refractivity contribution in [3.8, 4) is 0 Å². The van der Waals surface area contributed by atoms with Crippen molar-refractivity contribution in [3.05, 3.63) is 34.9 Å². The lowest BCUT2D eigenvalue weighted by atomic mass is 10.1. The summed E-state index contributed by atoms with van der Waals surface area (Å²) < 4.78 is 0. The van der Waals surface area contributed by atoms with Crippen LogP contribution in [0.5, 0.6) is 0 Å². The van der Waals surface area contributed by atoms with Gasteiger partial charge in [0.2, 0.25) is 0 Å². The third-order valence-electron chi connectivity index (χ3n) is 2.88. The lowest BCUT2D eigenvalue weighted by Crippen LogP contribution is -2.29. The molecule has 4 nitrogen and oxygen atoms in total. The first-order chi connectivity index (χ1) is 8.08. The number of aliphatic hydroxyl groups excluding tert-OH is 2. The van der Waals surface area contributed by atoms with Gasteiger partial charge in [-0.05, 0) is 12.1 Å². The number of benzene rings is 1. The summed E-state index contributed by atoms with van der Waals surface area (Å²) in [6.07, 6.45) is -1.54. The standard InChI is InChI=1S/C12H14ClNO3/c13-9-4-2-1-3-8(9)10(15)5-14-6-11(16)12(17)7-14/h1-4,11-12,16-17H,5-7H2. The van der Waals surface area contributed by atoms with Gasteiger partial charge in [-0.1, -0.05) is 23.7 Å². The van der Waals surface area contributed by atoms with Gasteiger partial charge in [0.05, 0.1) is 23.8 Å². The van der Waals surface area contributed by atoms with Crippen molar-refractivity contribution in [2.24, 2.45) is 0 Å². The third-order valence-corrected chi connectivity index (χ3v) is 3.21. The molecule has 0 bridgehead atoms. The zero-order chi connectivity index (χ0) is 12.4. The maximum absolute atomic E-state index is 11.9. The van der Waals surface area contributed by atoms with Gasteiger partial charge in [0.15, 0.2) is 5.78 Å². The number of halogens is 1. The van der Waals surface area contributed by atoms with E-state index in [4.69, 9.17) is 11.6 Å². The van der Waals surface area contributed by atoms with Crippen LogP contribution in [0.1, 0.15) is 10.4 Å². The number of ketones is 1. The van der Waals surface area contributed by atoms with E-state index in [1.54, 1.807) is 29.2 Å². The summed E-state index contributed by atoms with van der Waals surface area (Å²) in [5.41, 5.74) is 0.477. The van der Waals surface area contributed by atoms with Crippen LogP contribution in [0.4, 0.5) is 0 Å². The predicted octanol–water partition coefficient (Wildman–Crippen LogP) is 0.560. The number of rotatable bonds is 3. The molecule has 92 valence electrons. The maximum atomic E-state index is 11.9. The molecule has 2 rings (SSSR count). The molecule has 17 heavy (non-hydrogen) atoms. The largest absolute Gasteiger partial charge is 0.389 e. The quantitative estimate of drug-likeness (QED) is 0.775. The Labute approximate surface area is 104 Å². The highest BCUT2D eigenvalue weighted by atomic mass is 35.5. The van der Waals surface area contributed by atoms with Gasteiger partial charge in [0.25, 0.3) is 0 Å². The van der Waals surface area contributed by atoms with Crippen LogP contribution in [0.3, 0.4) is 0 Å². The van der Waals surface area contributed by atoms with Gasteiger partial charge in [-0.15, -0.1) is 0 Å². The maximum Gasteiger partial charge on any atom is 0.178 e. The Morgan fingerprint density at radius 1 is 1.29 bits per heavy atom. The van der Waals surface area contributed by atoms with Crippen molar-refractivity contribution in [3.63, 3.8) is 0 Å². The van der Waals surface area contributed by atoms with Crippen LogP contribution < -0.4 is 0 Å². The highest BCUT2D eigenvalue weighted by Gasteiger charge is 2.30. The normalized spacial score (nSPS) is 25.1. The van der Waals surface area contributed by atoms with Gasteiger partial charge in [-0.2, -0.15) is 0 Å². The van der Waals surface area contributed by atoms with Crippen LogP contribution >= 0.6 is 11.6 Å². The van der Waals surface area contributed by atoms with Gasteiger partial charge in [0.1, 0.15) is 0 Å². The number of Topliss-reactive ketones (excluding diaryl/α,β-unsaturated/α-hetero) is 1. The average molecular weight is 256 g/mol. The molecule has 0 aromatic heterocycles. The summed E-state index contributed by atoms with van der Waals surface area (Å²) in [7, 11) is 0. The summed E-state index contributed by atoms with van der Waals surface area (Å²) in [6.45, 7) is 0.798. The van der Waals surface area contributed by atoms with Crippen LogP contribution in [-0.4, -0.2) is 52.7 Å². The summed E-state index contributed by atoms with van der Waals surface area (Å²) in [5, 5.41) is 19.2. The Hall–Kier alpha value is -0.940. The molecule has 2 N–H and O–H groups in total. The van der Waals surface area contributed by atoms with E-state index in [0.717, 1.165) is 0 Å². The van der Waals surface area contributed by atoms with Crippen molar-refractivity contribution in [2.75, 3.05) is 19.6 Å². The van der Waals surface area contributed by atoms with E-state index in [2.05, 4.69) is 0 Å². The van der Waals surface area contributed by atoms with E-state index in [9.17, 15) is 15.0 Å². The molecule has 0 amide bonds. The molecule has 0 aliphatic carbocycles. The molecule has 0 spiro atoms. The lowest BCUT2D eigenvalue weighted by Gasteiger charge is -2.13. The summed E-state index contributed by atoms with van der Waals surface area (Å²) in [4.78, 5) is 13.7. The molecule has 1 aromatic rings. The molecule has 1 heterocycles. The zero-order valence-corrected chi connectivity index (χ0v) is 9.97. The molecule has 1 aromatic carbocycles. The number of β-amino-alcohol motifs (C(OH)–C–C–N with tert-alkyl or cyclic N) is 2. The first-order valence-electron chi connectivity index (χ1n) is 5.44. The van der Waals surface area contributed by atoms with Crippen molar-refractivity contribution >= 4 is 17.4 Å². The summed E-state index contributed by atoms with van der Waals surface area (Å²) in [6, 6.07) is 6.87. The van der Waals surface area contributed by atoms with Gasteiger partial charge >= 0.3 is 0 Å². The average Bonchev–Trinajstić information content (AvgIpc) is 2.58. The fourth-order valence-corrected chi connectivity index (χ4v) is 2.19. The summed E-state index contributed by atoms with van der Waals surface area (Å²) in [5.74, 6) is -0.100. The lowest BCUT2D eigenvalue weighted by molar-refractivity contribution is 0.0572. The van der Waals surface area contributed by atoms with E-state index >= 15 is 0 Å². The minimum Gasteiger partial charge on any atom is -0.389 e. The molecular formula is C12H14ClNO3. The summed E-state index contributed by atoms with van der Waals surface area (Å²) >= 11 is 5.92. The van der Waals surface area contributed by atoms with Crippen LogP contribution in [0.25, 0.3) is 0 Å². The topological polar surface area (TPSA) is 60.8 Å². The molecule has 1 fully saturated rings. The van der Waals surface area contributed by atoms with E-state index in [-0.39, 0.29) is 12.3 Å². The second-order valence-electron chi connectivity index (χ2n) is 4.23. The molecule has 1 aliphatic rings. The van der Waals surface area contributed by atoms with E-state index in [1.807, 2.05) is 0 Å². The molecule has 0 radical (unpaired) electrons. The van der Waals surface area contributed by atoms with Crippen molar-refractivity contribution in [1.29, 1.82) is 0 Å². The highest BCUT2D eigenvalue weighted by Crippen LogP contribution is 2.17. The Balaban J connectivity index is 2.01. The zero-order valence-electron chi connectivity index (χ0n) is 9.21. The fourth-order valence-electron chi connectivity index (χ4n) is 1.95. The smallest absolute Gasteiger partial charge is 0.178 e. The van der Waals surface area contributed by atoms with Gasteiger partial charge in [-0.3, -0.25) is 9.69 Å². The number of carbonyl (C=O) groups excluding carboxylic acids is 1. The van der Waals surface area contributed by atoms with Crippen molar-refractivity contribution in [2.45, 2.75) is 12.2 Å². The first-order valence-corrected chi connectivity index (χ1v) is 5.82. The number of likely N-dealkylation sites (tertiary alicyclic amines) is 1. The fraction of sp³-hybridized carbons (Fsp3) is 0.417. The molecule has 2 unspecified atom stereocenters. The molecule has 1 saturated heterocycles. The van der Waals surface area contributed by atoms with Crippen LogP contribution in [0, 0.1) is 0 Å². The Morgan fingerprint density at radius 3 is 2.47 bits per heavy atom. The highest BCUT2D eigenvalue weighted by molar-refractivity contribution is 6.34. The second-order valence-corrected chi connectivity index (χ2v) is 4.64. The molecule has 0 saturated carbocycles. The molecule has 1 aliphatic heterocycles. The molecular weight excluding hydrogens is 242 g/mol. The number of carbonyl (C=O) groups is 1. The van der Waals surface area contributed by atoms with Crippen LogP contribution in [0.15, 0.2) is 24.3 Å². The number of hydrogen-bond donors (Lipinski definition) is 2. The Kier molecular flexibility index (Phi) is 3.79. The second kappa shape index (κ2) is 5.14. The SMILES string of the molecule is O=C(CN1CC(O)C(O)C1)c1ccccc1Cl. The number of aliphatic hydroxyl groups is 2. The van der Waals surface area contributed by atoms with Gasteiger partial charge in [-0.25, -0.2) is 0 Å². The molecule has 5 heteroatoms. The van der Waals surface area contributed by atoms with Gasteiger partial charge < -0.3 is 10.2 Å². The van der Waals surface area contributed by atoms with Crippen molar-refractivity contribution < 1.29 is 15.0 Å².